The predicted octanol–water partition coefficient (Wildman–Crippen LogP) is 2.53. The molecule has 0 atom stereocenters. The van der Waals surface area contributed by atoms with Crippen LogP contribution in [0.3, 0.4) is 0 Å². The van der Waals surface area contributed by atoms with Crippen molar-refractivity contribution in [3.63, 3.8) is 0 Å². The van der Waals surface area contributed by atoms with E-state index in [4.69, 9.17) is 10.8 Å². The Morgan fingerprint density at radius 1 is 1.14 bits per heavy atom. The monoisotopic (exact) mass is 373 g/mol. The number of nitrogens with zero attached hydrogens (tertiary/aromatic N) is 2. The number of para-hydroxylation sites is 1. The van der Waals surface area contributed by atoms with E-state index in [-0.39, 0.29) is 12.1 Å². The van der Waals surface area contributed by atoms with Gasteiger partial charge in [0.15, 0.2) is 0 Å². The highest BCUT2D eigenvalue weighted by molar-refractivity contribution is 6.31. The Balaban J connectivity index is 1.75. The number of terminal acetylenes is 1. The van der Waals surface area contributed by atoms with Crippen molar-refractivity contribution in [2.75, 3.05) is 0 Å². The second kappa shape index (κ2) is 6.93. The van der Waals surface area contributed by atoms with Crippen LogP contribution in [0.5, 0.6) is 0 Å². The van der Waals surface area contributed by atoms with Gasteiger partial charge in [-0.05, 0) is 24.3 Å². The molecule has 4 rings (SSSR count). The van der Waals surface area contributed by atoms with E-state index in [1.165, 1.54) is 12.3 Å². The lowest BCUT2D eigenvalue weighted by atomic mass is 10.1. The van der Waals surface area contributed by atoms with Crippen LogP contribution in [0.1, 0.15) is 11.3 Å². The van der Waals surface area contributed by atoms with Gasteiger partial charge < -0.3 is 8.98 Å². The van der Waals surface area contributed by atoms with Crippen LogP contribution in [0.4, 0.5) is 4.79 Å². The van der Waals surface area contributed by atoms with Crippen LogP contribution in [-0.4, -0.2) is 27.3 Å². The molecule has 1 aromatic carbocycles. The first-order valence-corrected chi connectivity index (χ1v) is 8.51. The fourth-order valence-corrected chi connectivity index (χ4v) is 3.17. The maximum Gasteiger partial charge on any atom is 0.331 e. The lowest BCUT2D eigenvalue weighted by Crippen LogP contribution is -2.53. The van der Waals surface area contributed by atoms with Gasteiger partial charge in [0, 0.05) is 22.7 Å². The fourth-order valence-electron chi connectivity index (χ4n) is 3.17. The normalized spacial score (nSPS) is 15.9. The first-order chi connectivity index (χ1) is 13.6. The van der Waals surface area contributed by atoms with Gasteiger partial charge in [-0.1, -0.05) is 24.1 Å². The van der Waals surface area contributed by atoms with E-state index >= 15 is 0 Å². The molecular formula is C21H15N3O4. The van der Waals surface area contributed by atoms with E-state index in [1.54, 1.807) is 18.3 Å². The molecule has 0 saturated carbocycles. The summed E-state index contributed by atoms with van der Waals surface area (Å²) in [6.45, 7) is 0.286. The molecule has 3 heterocycles. The van der Waals surface area contributed by atoms with E-state index in [2.05, 4.69) is 11.2 Å². The summed E-state index contributed by atoms with van der Waals surface area (Å²) in [5.74, 6) is 1.60. The number of carbonyl (C=O) groups is 3. The number of imide groups is 2. The lowest BCUT2D eigenvalue weighted by Gasteiger charge is -2.25. The number of hydrogen-bond donors (Lipinski definition) is 1. The zero-order valence-electron chi connectivity index (χ0n) is 14.7. The number of furan rings is 1. The second-order valence-corrected chi connectivity index (χ2v) is 6.22. The van der Waals surface area contributed by atoms with Gasteiger partial charge in [-0.3, -0.25) is 19.8 Å². The van der Waals surface area contributed by atoms with E-state index in [9.17, 15) is 14.4 Å². The Labute approximate surface area is 160 Å². The molecule has 0 spiro atoms. The molecule has 7 nitrogen and oxygen atoms in total. The average molecular weight is 373 g/mol. The van der Waals surface area contributed by atoms with Gasteiger partial charge in [0.2, 0.25) is 0 Å². The van der Waals surface area contributed by atoms with Crippen LogP contribution in [0.25, 0.3) is 17.0 Å². The molecule has 1 aliphatic heterocycles. The fraction of sp³-hybridized carbons (Fsp3) is 0.0952. The third kappa shape index (κ3) is 2.97. The number of barbiturate groups is 1. The summed E-state index contributed by atoms with van der Waals surface area (Å²) < 4.78 is 7.06. The van der Waals surface area contributed by atoms with Gasteiger partial charge in [-0.2, -0.15) is 0 Å². The Bertz CT molecular complexity index is 1160. The van der Waals surface area contributed by atoms with Crippen LogP contribution < -0.4 is 5.32 Å². The summed E-state index contributed by atoms with van der Waals surface area (Å²) in [6.07, 6.45) is 10.1. The number of hydrogen-bond acceptors (Lipinski definition) is 4. The van der Waals surface area contributed by atoms with Crippen molar-refractivity contribution in [2.24, 2.45) is 0 Å². The van der Waals surface area contributed by atoms with Gasteiger partial charge in [0.1, 0.15) is 11.3 Å². The van der Waals surface area contributed by atoms with E-state index < -0.39 is 17.8 Å². The zero-order chi connectivity index (χ0) is 19.7. The number of aromatic nitrogens is 1. The second-order valence-electron chi connectivity index (χ2n) is 6.22. The summed E-state index contributed by atoms with van der Waals surface area (Å²) in [4.78, 5) is 38.2. The quantitative estimate of drug-likeness (QED) is 0.433. The van der Waals surface area contributed by atoms with E-state index in [0.717, 1.165) is 15.8 Å². The summed E-state index contributed by atoms with van der Waals surface area (Å²) in [5, 5.41) is 3.05. The molecular weight excluding hydrogens is 358 g/mol. The van der Waals surface area contributed by atoms with Crippen LogP contribution in [-0.2, 0) is 22.7 Å². The van der Waals surface area contributed by atoms with Crippen LogP contribution >= 0.6 is 0 Å². The maximum atomic E-state index is 12.8. The first kappa shape index (κ1) is 17.4. The highest BCUT2D eigenvalue weighted by Crippen LogP contribution is 2.25. The highest BCUT2D eigenvalue weighted by atomic mass is 16.3. The van der Waals surface area contributed by atoms with Gasteiger partial charge in [-0.25, -0.2) is 4.79 Å². The molecule has 28 heavy (non-hydrogen) atoms. The summed E-state index contributed by atoms with van der Waals surface area (Å²) in [6, 6.07) is 10.1. The van der Waals surface area contributed by atoms with Crippen molar-refractivity contribution in [2.45, 2.75) is 13.1 Å². The molecule has 1 N–H and O–H groups in total. The summed E-state index contributed by atoms with van der Waals surface area (Å²) >= 11 is 0. The standard InChI is InChI=1S/C21H15N3O4/c1-2-9-23-12-14(16-7-3-4-8-18(16)23)11-17-19(25)22-21(27)24(20(17)26)13-15-6-5-10-28-15/h1,3-8,10-12H,9,13H2,(H,22,25,27). The Morgan fingerprint density at radius 3 is 2.71 bits per heavy atom. The van der Waals surface area contributed by atoms with Crippen molar-refractivity contribution >= 4 is 34.8 Å². The predicted molar refractivity (Wildman–Crippen MR) is 102 cm³/mol. The molecule has 0 bridgehead atoms. The SMILES string of the molecule is C#CCn1cc(C=C2C(=O)NC(=O)N(Cc3ccco3)C2=O)c2ccccc21. The number of fused-ring (bicyclic) bond motifs is 1. The third-order valence-corrected chi connectivity index (χ3v) is 4.46. The van der Waals surface area contributed by atoms with Gasteiger partial charge in [-0.15, -0.1) is 6.42 Å². The minimum Gasteiger partial charge on any atom is -0.467 e. The maximum absolute atomic E-state index is 12.8. The van der Waals surface area contributed by atoms with Crippen molar-refractivity contribution in [3.05, 3.63) is 65.8 Å². The Hall–Kier alpha value is -4.05. The topological polar surface area (TPSA) is 84.6 Å². The third-order valence-electron chi connectivity index (χ3n) is 4.46. The number of rotatable bonds is 4. The molecule has 0 aliphatic carbocycles. The highest BCUT2D eigenvalue weighted by Gasteiger charge is 2.36. The van der Waals surface area contributed by atoms with Crippen molar-refractivity contribution in [1.29, 1.82) is 0 Å². The van der Waals surface area contributed by atoms with E-state index in [1.807, 2.05) is 28.8 Å². The molecule has 7 heteroatoms. The largest absolute Gasteiger partial charge is 0.467 e. The molecule has 1 fully saturated rings. The number of benzene rings is 1. The zero-order valence-corrected chi connectivity index (χ0v) is 14.7. The summed E-state index contributed by atoms with van der Waals surface area (Å²) in [5.41, 5.74) is 1.42. The van der Waals surface area contributed by atoms with Gasteiger partial charge >= 0.3 is 6.03 Å². The molecule has 0 unspecified atom stereocenters. The molecule has 1 aliphatic rings. The molecule has 3 aromatic rings. The smallest absolute Gasteiger partial charge is 0.331 e. The number of amides is 4. The number of carbonyl (C=O) groups excluding carboxylic acids is 3. The van der Waals surface area contributed by atoms with Crippen molar-refractivity contribution in [3.8, 4) is 12.3 Å². The molecule has 1 saturated heterocycles. The first-order valence-electron chi connectivity index (χ1n) is 8.51. The Morgan fingerprint density at radius 2 is 1.96 bits per heavy atom. The Kier molecular flexibility index (Phi) is 4.30. The average Bonchev–Trinajstić information content (AvgIpc) is 3.31. The minimum atomic E-state index is -0.779. The van der Waals surface area contributed by atoms with Gasteiger partial charge in [0.25, 0.3) is 11.8 Å². The molecule has 4 amide bonds. The van der Waals surface area contributed by atoms with Crippen LogP contribution in [0.2, 0.25) is 0 Å². The molecule has 2 aromatic heterocycles. The number of nitrogens with one attached hydrogen (secondary N) is 1. The minimum absolute atomic E-state index is 0.0683. The lowest BCUT2D eigenvalue weighted by molar-refractivity contribution is -0.130. The molecule has 138 valence electrons. The summed E-state index contributed by atoms with van der Waals surface area (Å²) in [7, 11) is 0. The van der Waals surface area contributed by atoms with Crippen LogP contribution in [0.15, 0.2) is 58.8 Å². The van der Waals surface area contributed by atoms with Crippen molar-refractivity contribution in [1.82, 2.24) is 14.8 Å². The van der Waals surface area contributed by atoms with Crippen LogP contribution in [0, 0.1) is 12.3 Å². The van der Waals surface area contributed by atoms with E-state index in [0.29, 0.717) is 17.9 Å². The van der Waals surface area contributed by atoms with Crippen molar-refractivity contribution < 1.29 is 18.8 Å². The molecule has 0 radical (unpaired) electrons. The number of urea groups is 1. The van der Waals surface area contributed by atoms with Gasteiger partial charge in [0.05, 0.1) is 19.4 Å².